The van der Waals surface area contributed by atoms with Crippen LogP contribution in [0.5, 0.6) is 0 Å². The SMILES string of the molecule is FCCCCCCCCCCCCCCCCCF. The van der Waals surface area contributed by atoms with Gasteiger partial charge in [-0.2, -0.15) is 0 Å². The van der Waals surface area contributed by atoms with Crippen molar-refractivity contribution in [2.24, 2.45) is 0 Å². The highest BCUT2D eigenvalue weighted by Crippen LogP contribution is 2.13. The van der Waals surface area contributed by atoms with Gasteiger partial charge >= 0.3 is 0 Å². The molecule has 0 aliphatic carbocycles. The molecule has 0 nitrogen and oxygen atoms in total. The molecule has 0 aliphatic heterocycles. The Bertz CT molecular complexity index is 132. The average molecular weight is 276 g/mol. The summed E-state index contributed by atoms with van der Waals surface area (Å²) in [7, 11) is 0. The number of hydrogen-bond donors (Lipinski definition) is 0. The van der Waals surface area contributed by atoms with Gasteiger partial charge in [-0.05, 0) is 12.8 Å². The van der Waals surface area contributed by atoms with Gasteiger partial charge in [0.25, 0.3) is 0 Å². The first-order valence-corrected chi connectivity index (χ1v) is 8.53. The van der Waals surface area contributed by atoms with Gasteiger partial charge in [-0.3, -0.25) is 8.78 Å². The van der Waals surface area contributed by atoms with Crippen LogP contribution in [0.2, 0.25) is 0 Å². The van der Waals surface area contributed by atoms with E-state index in [2.05, 4.69) is 0 Å². The Morgan fingerprint density at radius 2 is 0.421 bits per heavy atom. The molecule has 0 unspecified atom stereocenters. The molecule has 0 rings (SSSR count). The molecule has 0 radical (unpaired) electrons. The molecule has 0 saturated heterocycles. The third-order valence-corrected chi connectivity index (χ3v) is 3.77. The predicted molar refractivity (Wildman–Crippen MR) is 81.2 cm³/mol. The third-order valence-electron chi connectivity index (χ3n) is 3.77. The van der Waals surface area contributed by atoms with Gasteiger partial charge < -0.3 is 0 Å². The van der Waals surface area contributed by atoms with Gasteiger partial charge in [0.2, 0.25) is 0 Å². The maximum atomic E-state index is 11.8. The minimum atomic E-state index is -0.145. The smallest absolute Gasteiger partial charge is 0.0894 e. The van der Waals surface area contributed by atoms with Crippen LogP contribution in [-0.4, -0.2) is 13.3 Å². The van der Waals surface area contributed by atoms with Crippen LogP contribution in [0.15, 0.2) is 0 Å². The molecule has 0 amide bonds. The van der Waals surface area contributed by atoms with Crippen molar-refractivity contribution in [2.75, 3.05) is 13.3 Å². The van der Waals surface area contributed by atoms with Crippen molar-refractivity contribution in [1.29, 1.82) is 0 Å². The summed E-state index contributed by atoms with van der Waals surface area (Å²) in [4.78, 5) is 0. The standard InChI is InChI=1S/C17H34F2/c18-16-14-12-10-8-6-4-2-1-3-5-7-9-11-13-15-17-19/h1-17H2. The lowest BCUT2D eigenvalue weighted by atomic mass is 10.0. The minimum Gasteiger partial charge on any atom is -0.251 e. The molecule has 0 spiro atoms. The molecule has 0 heterocycles. The Morgan fingerprint density at radius 1 is 0.263 bits per heavy atom. The molecule has 116 valence electrons. The van der Waals surface area contributed by atoms with E-state index >= 15 is 0 Å². The number of alkyl halides is 2. The van der Waals surface area contributed by atoms with Crippen molar-refractivity contribution in [3.05, 3.63) is 0 Å². The molecule has 0 aromatic heterocycles. The summed E-state index contributed by atoms with van der Waals surface area (Å²) >= 11 is 0. The van der Waals surface area contributed by atoms with Crippen LogP contribution in [0.3, 0.4) is 0 Å². The van der Waals surface area contributed by atoms with Crippen LogP contribution < -0.4 is 0 Å². The third kappa shape index (κ3) is 17.9. The van der Waals surface area contributed by atoms with Crippen molar-refractivity contribution in [2.45, 2.75) is 96.3 Å². The van der Waals surface area contributed by atoms with Crippen molar-refractivity contribution < 1.29 is 8.78 Å². The van der Waals surface area contributed by atoms with Crippen molar-refractivity contribution >= 4 is 0 Å². The van der Waals surface area contributed by atoms with E-state index in [0.717, 1.165) is 25.7 Å². The fraction of sp³-hybridized carbons (Fsp3) is 1.00. The van der Waals surface area contributed by atoms with Crippen LogP contribution in [-0.2, 0) is 0 Å². The second-order valence-corrected chi connectivity index (χ2v) is 5.68. The van der Waals surface area contributed by atoms with Crippen LogP contribution >= 0.6 is 0 Å². The lowest BCUT2D eigenvalue weighted by Gasteiger charge is -2.03. The van der Waals surface area contributed by atoms with Crippen molar-refractivity contribution in [3.63, 3.8) is 0 Å². The van der Waals surface area contributed by atoms with Crippen LogP contribution in [0.1, 0.15) is 96.3 Å². The predicted octanol–water partition coefficient (Wildman–Crippen LogP) is 6.78. The van der Waals surface area contributed by atoms with Gasteiger partial charge in [0.1, 0.15) is 0 Å². The molecule has 0 fully saturated rings. The summed E-state index contributed by atoms with van der Waals surface area (Å²) in [6, 6.07) is 0. The molecule has 0 saturated carbocycles. The largest absolute Gasteiger partial charge is 0.251 e. The highest BCUT2D eigenvalue weighted by Gasteiger charge is 1.94. The Labute approximate surface area is 119 Å². The van der Waals surface area contributed by atoms with E-state index in [1.54, 1.807) is 0 Å². The molecule has 2 heteroatoms. The Balaban J connectivity index is 2.88. The molecule has 0 aromatic carbocycles. The summed E-state index contributed by atoms with van der Waals surface area (Å²) in [6.07, 6.45) is 18.1. The first-order chi connectivity index (χ1) is 9.41. The highest BCUT2D eigenvalue weighted by atomic mass is 19.1. The Kier molecular flexibility index (Phi) is 17.7. The molecular formula is C17H34F2. The molecule has 0 bridgehead atoms. The Hall–Kier alpha value is -0.140. The molecule has 0 atom stereocenters. The molecule has 19 heavy (non-hydrogen) atoms. The van der Waals surface area contributed by atoms with Gasteiger partial charge in [0.05, 0.1) is 13.3 Å². The van der Waals surface area contributed by atoms with Gasteiger partial charge in [-0.1, -0.05) is 83.5 Å². The first-order valence-electron chi connectivity index (χ1n) is 8.53. The summed E-state index contributed by atoms with van der Waals surface area (Å²) in [6.45, 7) is -0.290. The summed E-state index contributed by atoms with van der Waals surface area (Å²) < 4.78 is 23.7. The number of rotatable bonds is 16. The number of hydrogen-bond acceptors (Lipinski definition) is 0. The fourth-order valence-corrected chi connectivity index (χ4v) is 2.49. The summed E-state index contributed by atoms with van der Waals surface area (Å²) in [5.41, 5.74) is 0. The zero-order valence-electron chi connectivity index (χ0n) is 12.8. The van der Waals surface area contributed by atoms with E-state index in [1.807, 2.05) is 0 Å². The van der Waals surface area contributed by atoms with E-state index in [1.165, 1.54) is 70.6 Å². The van der Waals surface area contributed by atoms with E-state index in [0.29, 0.717) is 0 Å². The molecule has 0 aromatic rings. The maximum Gasteiger partial charge on any atom is 0.0894 e. The van der Waals surface area contributed by atoms with E-state index in [-0.39, 0.29) is 13.3 Å². The molecule has 0 N–H and O–H groups in total. The molecular weight excluding hydrogens is 242 g/mol. The lowest BCUT2D eigenvalue weighted by molar-refractivity contribution is 0.446. The van der Waals surface area contributed by atoms with Gasteiger partial charge in [-0.25, -0.2) is 0 Å². The number of unbranched alkanes of at least 4 members (excludes halogenated alkanes) is 14. The fourth-order valence-electron chi connectivity index (χ4n) is 2.49. The van der Waals surface area contributed by atoms with Crippen molar-refractivity contribution in [3.8, 4) is 0 Å². The average Bonchev–Trinajstić information content (AvgIpc) is 2.43. The van der Waals surface area contributed by atoms with Crippen LogP contribution in [0.25, 0.3) is 0 Å². The van der Waals surface area contributed by atoms with Gasteiger partial charge in [-0.15, -0.1) is 0 Å². The Morgan fingerprint density at radius 3 is 0.579 bits per heavy atom. The van der Waals surface area contributed by atoms with Gasteiger partial charge in [0.15, 0.2) is 0 Å². The lowest BCUT2D eigenvalue weighted by Crippen LogP contribution is -1.84. The second-order valence-electron chi connectivity index (χ2n) is 5.68. The maximum absolute atomic E-state index is 11.8. The van der Waals surface area contributed by atoms with Gasteiger partial charge in [0, 0.05) is 0 Å². The highest BCUT2D eigenvalue weighted by molar-refractivity contribution is 4.49. The second kappa shape index (κ2) is 17.9. The zero-order chi connectivity index (χ0) is 14.0. The summed E-state index contributed by atoms with van der Waals surface area (Å²) in [5, 5.41) is 0. The van der Waals surface area contributed by atoms with E-state index < -0.39 is 0 Å². The monoisotopic (exact) mass is 276 g/mol. The summed E-state index contributed by atoms with van der Waals surface area (Å²) in [5.74, 6) is 0. The van der Waals surface area contributed by atoms with Crippen LogP contribution in [0.4, 0.5) is 8.78 Å². The quantitative estimate of drug-likeness (QED) is 0.273. The van der Waals surface area contributed by atoms with Crippen molar-refractivity contribution in [1.82, 2.24) is 0 Å². The molecule has 0 aliphatic rings. The first kappa shape index (κ1) is 18.9. The minimum absolute atomic E-state index is 0.145. The topological polar surface area (TPSA) is 0 Å². The van der Waals surface area contributed by atoms with Crippen LogP contribution in [0, 0.1) is 0 Å². The van der Waals surface area contributed by atoms with E-state index in [9.17, 15) is 8.78 Å². The number of halogens is 2. The normalized spacial score (nSPS) is 11.1. The zero-order valence-corrected chi connectivity index (χ0v) is 12.8. The van der Waals surface area contributed by atoms with E-state index in [4.69, 9.17) is 0 Å².